The van der Waals surface area contributed by atoms with E-state index in [4.69, 9.17) is 9.47 Å². The lowest BCUT2D eigenvalue weighted by molar-refractivity contribution is -0.128. The maximum absolute atomic E-state index is 12.4. The van der Waals surface area contributed by atoms with Crippen molar-refractivity contribution in [3.63, 3.8) is 0 Å². The number of anilines is 2. The summed E-state index contributed by atoms with van der Waals surface area (Å²) in [6, 6.07) is 5.19. The number of likely N-dealkylation sites (N-methyl/N-ethyl adjacent to an activating group) is 2. The van der Waals surface area contributed by atoms with Crippen molar-refractivity contribution in [3.8, 4) is 0 Å². The third-order valence-corrected chi connectivity index (χ3v) is 3.93. The van der Waals surface area contributed by atoms with Crippen molar-refractivity contribution >= 4 is 23.5 Å². The largest absolute Gasteiger partial charge is 0.372 e. The Morgan fingerprint density at radius 2 is 1.33 bits per heavy atom. The molecule has 1 aromatic rings. The number of nitrogens with zero attached hydrogens (tertiary/aromatic N) is 3. The average Bonchev–Trinajstić information content (AvgIpc) is 2.62. The molecule has 2 amide bonds. The Morgan fingerprint density at radius 3 is 1.62 bits per heavy atom. The van der Waals surface area contributed by atoms with Gasteiger partial charge in [-0.05, 0) is 25.0 Å². The van der Waals surface area contributed by atoms with Gasteiger partial charge in [0.25, 0.3) is 11.8 Å². The predicted octanol–water partition coefficient (Wildman–Crippen LogP) is 1.86. The first-order chi connectivity index (χ1) is 11.4. The number of ether oxygens (including phenoxy) is 2. The van der Waals surface area contributed by atoms with Gasteiger partial charge in [-0.15, -0.1) is 0 Å². The lowest BCUT2D eigenvalue weighted by Crippen LogP contribution is -2.39. The molecule has 0 fully saturated rings. The van der Waals surface area contributed by atoms with E-state index in [1.54, 1.807) is 32.3 Å². The number of hydrogen-bond donors (Lipinski definition) is 0. The molecule has 0 aliphatic carbocycles. The van der Waals surface area contributed by atoms with Gasteiger partial charge in [0, 0.05) is 28.3 Å². The lowest BCUT2D eigenvalue weighted by atomic mass is 10.2. The minimum Gasteiger partial charge on any atom is -0.372 e. The molecular weight excluding hydrogens is 310 g/mol. The molecule has 134 valence electrons. The van der Waals surface area contributed by atoms with Gasteiger partial charge in [-0.3, -0.25) is 19.4 Å². The molecule has 1 heterocycles. The van der Waals surface area contributed by atoms with Crippen LogP contribution in [0.3, 0.4) is 0 Å². The summed E-state index contributed by atoms with van der Waals surface area (Å²) >= 11 is 0. The SMILES string of the molecule is CCC(OC)C(=O)N(C)c1cccc(N(C)C(=O)C(CC)OC)n1. The van der Waals surface area contributed by atoms with Crippen LogP contribution in [0.15, 0.2) is 18.2 Å². The highest BCUT2D eigenvalue weighted by Gasteiger charge is 2.24. The van der Waals surface area contributed by atoms with Gasteiger partial charge in [0.05, 0.1) is 0 Å². The molecule has 0 N–H and O–H groups in total. The third kappa shape index (κ3) is 4.52. The van der Waals surface area contributed by atoms with E-state index in [0.717, 1.165) is 0 Å². The number of amides is 2. The molecular formula is C17H27N3O4. The lowest BCUT2D eigenvalue weighted by Gasteiger charge is -2.24. The van der Waals surface area contributed by atoms with Crippen LogP contribution in [0.25, 0.3) is 0 Å². The monoisotopic (exact) mass is 337 g/mol. The Kier molecular flexibility index (Phi) is 7.81. The first kappa shape index (κ1) is 20.1. The number of rotatable bonds is 8. The molecule has 0 aliphatic rings. The Labute approximate surface area is 143 Å². The van der Waals surface area contributed by atoms with E-state index < -0.39 is 12.2 Å². The van der Waals surface area contributed by atoms with E-state index >= 15 is 0 Å². The molecule has 0 radical (unpaired) electrons. The van der Waals surface area contributed by atoms with Gasteiger partial charge >= 0.3 is 0 Å². The number of pyridine rings is 1. The number of hydrogen-bond acceptors (Lipinski definition) is 5. The van der Waals surface area contributed by atoms with Gasteiger partial charge in [0.1, 0.15) is 23.8 Å². The van der Waals surface area contributed by atoms with Crippen LogP contribution in [0.2, 0.25) is 0 Å². The molecule has 2 atom stereocenters. The van der Waals surface area contributed by atoms with Gasteiger partial charge in [-0.1, -0.05) is 19.9 Å². The minimum atomic E-state index is -0.516. The highest BCUT2D eigenvalue weighted by atomic mass is 16.5. The normalized spacial score (nSPS) is 13.2. The maximum Gasteiger partial charge on any atom is 0.256 e. The topological polar surface area (TPSA) is 72.0 Å². The van der Waals surface area contributed by atoms with Crippen molar-refractivity contribution in [1.29, 1.82) is 0 Å². The Morgan fingerprint density at radius 1 is 0.958 bits per heavy atom. The van der Waals surface area contributed by atoms with Crippen LogP contribution in [-0.4, -0.2) is 57.3 Å². The van der Waals surface area contributed by atoms with E-state index in [-0.39, 0.29) is 11.8 Å². The molecule has 0 saturated carbocycles. The average molecular weight is 337 g/mol. The number of methoxy groups -OCH3 is 2. The maximum atomic E-state index is 12.4. The fraction of sp³-hybridized carbons (Fsp3) is 0.588. The summed E-state index contributed by atoms with van der Waals surface area (Å²) < 4.78 is 10.4. The van der Waals surface area contributed by atoms with E-state index in [0.29, 0.717) is 24.5 Å². The van der Waals surface area contributed by atoms with Gasteiger partial charge in [0.2, 0.25) is 0 Å². The zero-order chi connectivity index (χ0) is 18.3. The van der Waals surface area contributed by atoms with E-state index in [9.17, 15) is 9.59 Å². The molecule has 2 unspecified atom stereocenters. The van der Waals surface area contributed by atoms with Crippen LogP contribution in [0.5, 0.6) is 0 Å². The molecule has 0 bridgehead atoms. The fourth-order valence-electron chi connectivity index (χ4n) is 2.33. The summed E-state index contributed by atoms with van der Waals surface area (Å²) in [5, 5.41) is 0. The van der Waals surface area contributed by atoms with Crippen molar-refractivity contribution in [3.05, 3.63) is 18.2 Å². The summed E-state index contributed by atoms with van der Waals surface area (Å²) in [6.45, 7) is 3.76. The smallest absolute Gasteiger partial charge is 0.256 e. The Bertz CT molecular complexity index is 511. The second kappa shape index (κ2) is 9.34. The summed E-state index contributed by atoms with van der Waals surface area (Å²) in [7, 11) is 6.29. The van der Waals surface area contributed by atoms with Gasteiger partial charge in [0.15, 0.2) is 0 Å². The van der Waals surface area contributed by atoms with Crippen LogP contribution < -0.4 is 9.80 Å². The zero-order valence-electron chi connectivity index (χ0n) is 15.3. The highest BCUT2D eigenvalue weighted by Crippen LogP contribution is 2.18. The van der Waals surface area contributed by atoms with Crippen molar-refractivity contribution in [1.82, 2.24) is 4.98 Å². The molecule has 0 aliphatic heterocycles. The molecule has 24 heavy (non-hydrogen) atoms. The van der Waals surface area contributed by atoms with Crippen LogP contribution in [0, 0.1) is 0 Å². The molecule has 0 spiro atoms. The molecule has 1 aromatic heterocycles. The minimum absolute atomic E-state index is 0.179. The van der Waals surface area contributed by atoms with E-state index in [1.807, 2.05) is 13.8 Å². The Hall–Kier alpha value is -1.99. The van der Waals surface area contributed by atoms with Crippen molar-refractivity contribution in [2.45, 2.75) is 38.9 Å². The Balaban J connectivity index is 3.01. The van der Waals surface area contributed by atoms with Crippen molar-refractivity contribution in [2.75, 3.05) is 38.1 Å². The molecule has 1 rings (SSSR count). The zero-order valence-corrected chi connectivity index (χ0v) is 15.3. The van der Waals surface area contributed by atoms with Crippen molar-refractivity contribution < 1.29 is 19.1 Å². The molecule has 7 heteroatoms. The third-order valence-electron chi connectivity index (χ3n) is 3.93. The van der Waals surface area contributed by atoms with Crippen molar-refractivity contribution in [2.24, 2.45) is 0 Å². The van der Waals surface area contributed by atoms with Crippen LogP contribution >= 0.6 is 0 Å². The van der Waals surface area contributed by atoms with Crippen LogP contribution in [-0.2, 0) is 19.1 Å². The van der Waals surface area contributed by atoms with Gasteiger partial charge < -0.3 is 9.47 Å². The quantitative estimate of drug-likeness (QED) is 0.724. The summed E-state index contributed by atoms with van der Waals surface area (Å²) in [5.41, 5.74) is 0. The number of carbonyl (C=O) groups excluding carboxylic acids is 2. The van der Waals surface area contributed by atoms with Crippen LogP contribution in [0.1, 0.15) is 26.7 Å². The first-order valence-corrected chi connectivity index (χ1v) is 7.98. The number of aromatic nitrogens is 1. The van der Waals surface area contributed by atoms with Gasteiger partial charge in [-0.25, -0.2) is 4.98 Å². The summed E-state index contributed by atoms with van der Waals surface area (Å²) in [4.78, 5) is 32.1. The second-order valence-electron chi connectivity index (χ2n) is 5.41. The first-order valence-electron chi connectivity index (χ1n) is 7.98. The van der Waals surface area contributed by atoms with E-state index in [1.165, 1.54) is 24.0 Å². The highest BCUT2D eigenvalue weighted by molar-refractivity contribution is 5.97. The standard InChI is InChI=1S/C17H27N3O4/c1-7-12(23-5)16(21)19(3)14-10-9-11-15(18-14)20(4)17(22)13(8-2)24-6/h9-13H,7-8H2,1-6H3. The van der Waals surface area contributed by atoms with Gasteiger partial charge in [-0.2, -0.15) is 0 Å². The molecule has 0 aromatic carbocycles. The predicted molar refractivity (Wildman–Crippen MR) is 93.2 cm³/mol. The summed E-state index contributed by atoms with van der Waals surface area (Å²) in [5.74, 6) is 0.556. The summed E-state index contributed by atoms with van der Waals surface area (Å²) in [6.07, 6.45) is 0.114. The molecule has 7 nitrogen and oxygen atoms in total. The number of carbonyl (C=O) groups is 2. The second-order valence-corrected chi connectivity index (χ2v) is 5.41. The van der Waals surface area contributed by atoms with E-state index in [2.05, 4.69) is 4.98 Å². The van der Waals surface area contributed by atoms with Crippen LogP contribution in [0.4, 0.5) is 11.6 Å². The fourth-order valence-corrected chi connectivity index (χ4v) is 2.33. The molecule has 0 saturated heterocycles.